The van der Waals surface area contributed by atoms with Crippen LogP contribution in [0.25, 0.3) is 0 Å². The summed E-state index contributed by atoms with van der Waals surface area (Å²) >= 11 is 1.34. The van der Waals surface area contributed by atoms with Crippen LogP contribution >= 0.6 is 11.8 Å². The minimum atomic E-state index is -1.13. The number of carboxylic acid groups (broad SMARTS) is 1. The van der Waals surface area contributed by atoms with Crippen molar-refractivity contribution >= 4 is 29.5 Å². The lowest BCUT2D eigenvalue weighted by atomic mass is 10.1. The Morgan fingerprint density at radius 2 is 2.31 bits per heavy atom. The van der Waals surface area contributed by atoms with E-state index in [1.54, 1.807) is 0 Å². The highest BCUT2D eigenvalue weighted by atomic mass is 32.2. The fraction of sp³-hybridized carbons (Fsp3) is 0.400. The number of furan rings is 1. The molecule has 5 nitrogen and oxygen atoms in total. The van der Waals surface area contributed by atoms with Crippen LogP contribution in [-0.4, -0.2) is 22.2 Å². The van der Waals surface area contributed by atoms with Crippen molar-refractivity contribution in [2.45, 2.75) is 24.0 Å². The van der Waals surface area contributed by atoms with Gasteiger partial charge in [-0.15, -0.1) is 11.8 Å². The lowest BCUT2D eigenvalue weighted by molar-refractivity contribution is -0.116. The highest BCUT2D eigenvalue weighted by Gasteiger charge is 2.32. The molecule has 16 heavy (non-hydrogen) atoms. The van der Waals surface area contributed by atoms with Crippen molar-refractivity contribution < 1.29 is 19.1 Å². The van der Waals surface area contributed by atoms with Gasteiger partial charge in [-0.1, -0.05) is 13.8 Å². The average molecular weight is 241 g/mol. The van der Waals surface area contributed by atoms with Gasteiger partial charge in [0.1, 0.15) is 0 Å². The zero-order valence-electron chi connectivity index (χ0n) is 8.81. The predicted molar refractivity (Wildman–Crippen MR) is 58.8 cm³/mol. The van der Waals surface area contributed by atoms with Gasteiger partial charge in [0.05, 0.1) is 10.1 Å². The molecule has 0 aliphatic carbocycles. The van der Waals surface area contributed by atoms with E-state index in [4.69, 9.17) is 9.52 Å². The normalized spacial score (nSPS) is 19.4. The second kappa shape index (κ2) is 3.86. The molecule has 1 aliphatic rings. The summed E-state index contributed by atoms with van der Waals surface area (Å²) in [4.78, 5) is 23.0. The molecule has 1 amide bonds. The largest absolute Gasteiger partial charge is 0.475 e. The molecule has 0 spiro atoms. The molecule has 2 heterocycles. The second-order valence-corrected chi connectivity index (χ2v) is 5.06. The Balaban J connectivity index is 2.32. The van der Waals surface area contributed by atoms with Crippen molar-refractivity contribution in [3.05, 3.63) is 11.8 Å². The predicted octanol–water partition coefficient (Wildman–Crippen LogP) is 2.05. The number of hydrogen-bond donors (Lipinski definition) is 2. The van der Waals surface area contributed by atoms with Crippen LogP contribution < -0.4 is 5.32 Å². The molecule has 2 rings (SSSR count). The van der Waals surface area contributed by atoms with E-state index in [-0.39, 0.29) is 28.7 Å². The van der Waals surface area contributed by atoms with Gasteiger partial charge in [0, 0.05) is 6.07 Å². The van der Waals surface area contributed by atoms with Gasteiger partial charge in [-0.05, 0) is 5.92 Å². The zero-order valence-corrected chi connectivity index (χ0v) is 9.63. The number of nitrogens with one attached hydrogen (secondary N) is 1. The summed E-state index contributed by atoms with van der Waals surface area (Å²) < 4.78 is 5.01. The summed E-state index contributed by atoms with van der Waals surface area (Å²) in [5, 5.41) is 11.1. The first-order valence-corrected chi connectivity index (χ1v) is 5.71. The standard InChI is InChI=1S/C10H11NO4S/c1-4(2)7-8(12)11-9-6(16-7)3-5(15-9)10(13)14/h3-4,7H,1-2H3,(H,11,12)(H,13,14). The number of thioether (sulfide) groups is 1. The van der Waals surface area contributed by atoms with Crippen LogP contribution in [0.1, 0.15) is 24.4 Å². The number of anilines is 1. The Kier molecular flexibility index (Phi) is 2.67. The molecule has 0 saturated heterocycles. The van der Waals surface area contributed by atoms with Gasteiger partial charge >= 0.3 is 5.97 Å². The molecule has 0 fully saturated rings. The molecule has 0 bridgehead atoms. The van der Waals surface area contributed by atoms with E-state index in [1.165, 1.54) is 17.8 Å². The molecule has 1 aliphatic heterocycles. The van der Waals surface area contributed by atoms with E-state index in [2.05, 4.69) is 5.32 Å². The van der Waals surface area contributed by atoms with E-state index in [1.807, 2.05) is 13.8 Å². The molecule has 1 unspecified atom stereocenters. The molecule has 0 radical (unpaired) electrons. The summed E-state index contributed by atoms with van der Waals surface area (Å²) in [7, 11) is 0. The monoisotopic (exact) mass is 241 g/mol. The molecular formula is C10H11NO4S. The third-order valence-electron chi connectivity index (χ3n) is 2.26. The van der Waals surface area contributed by atoms with Crippen LogP contribution in [0.15, 0.2) is 15.4 Å². The Morgan fingerprint density at radius 3 is 2.88 bits per heavy atom. The van der Waals surface area contributed by atoms with Crippen molar-refractivity contribution in [3.8, 4) is 0 Å². The molecule has 0 saturated carbocycles. The van der Waals surface area contributed by atoms with Gasteiger partial charge in [0.25, 0.3) is 0 Å². The van der Waals surface area contributed by atoms with Gasteiger partial charge in [0.2, 0.25) is 17.6 Å². The topological polar surface area (TPSA) is 79.5 Å². The smallest absolute Gasteiger partial charge is 0.371 e. The minimum absolute atomic E-state index is 0.140. The lowest BCUT2D eigenvalue weighted by Gasteiger charge is -2.22. The molecule has 86 valence electrons. The number of amides is 1. The van der Waals surface area contributed by atoms with Crippen LogP contribution in [0.5, 0.6) is 0 Å². The van der Waals surface area contributed by atoms with Gasteiger partial charge in [-0.2, -0.15) is 0 Å². The maximum atomic E-state index is 11.6. The SMILES string of the molecule is CC(C)C1Sc2cc(C(=O)O)oc2NC1=O. The summed E-state index contributed by atoms with van der Waals surface area (Å²) in [6.45, 7) is 3.89. The maximum Gasteiger partial charge on any atom is 0.371 e. The summed E-state index contributed by atoms with van der Waals surface area (Å²) in [5.41, 5.74) is 0. The Hall–Kier alpha value is -1.43. The number of fused-ring (bicyclic) bond motifs is 1. The number of hydrogen-bond acceptors (Lipinski definition) is 4. The maximum absolute atomic E-state index is 11.6. The van der Waals surface area contributed by atoms with Crippen LogP contribution in [0.3, 0.4) is 0 Å². The number of carbonyl (C=O) groups is 2. The number of rotatable bonds is 2. The molecule has 2 N–H and O–H groups in total. The Morgan fingerprint density at radius 1 is 1.62 bits per heavy atom. The average Bonchev–Trinajstić information content (AvgIpc) is 2.58. The van der Waals surface area contributed by atoms with Crippen molar-refractivity contribution in [1.82, 2.24) is 0 Å². The first-order chi connectivity index (χ1) is 7.49. The summed E-state index contributed by atoms with van der Waals surface area (Å²) in [6, 6.07) is 1.44. The summed E-state index contributed by atoms with van der Waals surface area (Å²) in [6.07, 6.45) is 0. The first kappa shape index (κ1) is 11.1. The van der Waals surface area contributed by atoms with Crippen molar-refractivity contribution in [3.63, 3.8) is 0 Å². The van der Waals surface area contributed by atoms with Gasteiger partial charge < -0.3 is 9.52 Å². The third-order valence-corrected chi connectivity index (χ3v) is 3.83. The Bertz CT molecular complexity index is 452. The van der Waals surface area contributed by atoms with Crippen LogP contribution in [-0.2, 0) is 4.79 Å². The van der Waals surface area contributed by atoms with Crippen molar-refractivity contribution in [2.24, 2.45) is 5.92 Å². The highest BCUT2D eigenvalue weighted by Crippen LogP contribution is 2.40. The zero-order chi connectivity index (χ0) is 11.9. The molecule has 1 aromatic heterocycles. The quantitative estimate of drug-likeness (QED) is 0.828. The molecule has 1 aromatic rings. The van der Waals surface area contributed by atoms with Crippen LogP contribution in [0, 0.1) is 5.92 Å². The first-order valence-electron chi connectivity index (χ1n) is 4.83. The van der Waals surface area contributed by atoms with Crippen LogP contribution in [0.2, 0.25) is 0 Å². The molecule has 1 atom stereocenters. The fourth-order valence-electron chi connectivity index (χ4n) is 1.47. The van der Waals surface area contributed by atoms with Crippen molar-refractivity contribution in [2.75, 3.05) is 5.32 Å². The van der Waals surface area contributed by atoms with E-state index >= 15 is 0 Å². The third kappa shape index (κ3) is 1.80. The number of carbonyl (C=O) groups excluding carboxylic acids is 1. The van der Waals surface area contributed by atoms with Gasteiger partial charge in [-0.25, -0.2) is 4.79 Å². The minimum Gasteiger partial charge on any atom is -0.475 e. The van der Waals surface area contributed by atoms with Gasteiger partial charge in [-0.3, -0.25) is 10.1 Å². The Labute approximate surface area is 96.2 Å². The van der Waals surface area contributed by atoms with Gasteiger partial charge in [0.15, 0.2) is 0 Å². The highest BCUT2D eigenvalue weighted by molar-refractivity contribution is 8.01. The fourth-order valence-corrected chi connectivity index (χ4v) is 2.55. The number of carboxylic acids is 1. The van der Waals surface area contributed by atoms with E-state index in [0.717, 1.165) is 0 Å². The van der Waals surface area contributed by atoms with E-state index in [0.29, 0.717) is 4.90 Å². The second-order valence-electron chi connectivity index (χ2n) is 3.88. The lowest BCUT2D eigenvalue weighted by Crippen LogP contribution is -2.32. The molecule has 0 aromatic carbocycles. The molecular weight excluding hydrogens is 230 g/mol. The summed E-state index contributed by atoms with van der Waals surface area (Å²) in [5.74, 6) is -1.00. The number of aromatic carboxylic acids is 1. The van der Waals surface area contributed by atoms with Crippen molar-refractivity contribution in [1.29, 1.82) is 0 Å². The van der Waals surface area contributed by atoms with E-state index < -0.39 is 5.97 Å². The van der Waals surface area contributed by atoms with Crippen LogP contribution in [0.4, 0.5) is 5.88 Å². The van der Waals surface area contributed by atoms with E-state index in [9.17, 15) is 9.59 Å². The molecule has 6 heteroatoms.